The fraction of sp³-hybridized carbons (Fsp3) is 0.417. The van der Waals surface area contributed by atoms with Gasteiger partial charge in [0.25, 0.3) is 0 Å². The molecule has 0 radical (unpaired) electrons. The highest BCUT2D eigenvalue weighted by molar-refractivity contribution is 5.82. The molecule has 2 heterocycles. The Morgan fingerprint density at radius 2 is 2.37 bits per heavy atom. The van der Waals surface area contributed by atoms with Crippen LogP contribution in [0.3, 0.4) is 0 Å². The van der Waals surface area contributed by atoms with Crippen LogP contribution in [0.1, 0.15) is 18.5 Å². The maximum absolute atomic E-state index is 12.0. The Bertz CT molecular complexity index is 532. The molecular weight excluding hydrogens is 244 g/mol. The third kappa shape index (κ3) is 3.41. The molecule has 0 aliphatic rings. The normalized spacial score (nSPS) is 14.1. The fourth-order valence-electron chi connectivity index (χ4n) is 1.84. The summed E-state index contributed by atoms with van der Waals surface area (Å²) >= 11 is 0. The van der Waals surface area contributed by atoms with Crippen LogP contribution < -0.4 is 11.1 Å². The van der Waals surface area contributed by atoms with Gasteiger partial charge in [0.05, 0.1) is 12.5 Å². The van der Waals surface area contributed by atoms with Gasteiger partial charge < -0.3 is 15.6 Å². The van der Waals surface area contributed by atoms with Gasteiger partial charge in [-0.1, -0.05) is 0 Å². The number of rotatable bonds is 5. The Kier molecular flexibility index (Phi) is 3.96. The van der Waals surface area contributed by atoms with Crippen molar-refractivity contribution in [2.75, 3.05) is 0 Å². The molecule has 0 spiro atoms. The molecule has 0 aliphatic heterocycles. The lowest BCUT2D eigenvalue weighted by atomic mass is 10.1. The Balaban J connectivity index is 1.89. The van der Waals surface area contributed by atoms with Crippen molar-refractivity contribution in [2.45, 2.75) is 25.6 Å². The van der Waals surface area contributed by atoms with Crippen LogP contribution >= 0.6 is 0 Å². The van der Waals surface area contributed by atoms with Gasteiger partial charge in [-0.25, -0.2) is 4.98 Å². The topological polar surface area (TPSA) is 90.8 Å². The number of carbonyl (C=O) groups is 1. The van der Waals surface area contributed by atoms with Crippen LogP contribution in [0.25, 0.3) is 0 Å². The number of nitrogens with zero attached hydrogens (tertiary/aromatic N) is 4. The monoisotopic (exact) mass is 262 g/mol. The third-order valence-corrected chi connectivity index (χ3v) is 2.80. The van der Waals surface area contributed by atoms with Gasteiger partial charge in [-0.3, -0.25) is 9.48 Å². The van der Waals surface area contributed by atoms with Crippen LogP contribution in [0.2, 0.25) is 0 Å². The number of hydrogen-bond acceptors (Lipinski definition) is 4. The molecule has 0 aliphatic carbocycles. The largest absolute Gasteiger partial charge is 0.350 e. The Labute approximate surface area is 111 Å². The van der Waals surface area contributed by atoms with Gasteiger partial charge in [-0.05, 0) is 6.92 Å². The van der Waals surface area contributed by atoms with Gasteiger partial charge in [0.15, 0.2) is 0 Å². The Hall–Kier alpha value is -2.15. The number of aromatic nitrogens is 4. The van der Waals surface area contributed by atoms with E-state index in [1.54, 1.807) is 36.6 Å². The van der Waals surface area contributed by atoms with Crippen molar-refractivity contribution < 1.29 is 4.79 Å². The maximum Gasteiger partial charge on any atom is 0.241 e. The van der Waals surface area contributed by atoms with Gasteiger partial charge in [0.1, 0.15) is 6.04 Å². The van der Waals surface area contributed by atoms with Crippen LogP contribution in [0.4, 0.5) is 0 Å². The van der Waals surface area contributed by atoms with Crippen molar-refractivity contribution in [1.82, 2.24) is 24.6 Å². The maximum atomic E-state index is 12.0. The summed E-state index contributed by atoms with van der Waals surface area (Å²) in [5.74, 6) is -0.208. The SMILES string of the molecule is CC(Cn1ccnc1)NC(=O)C(N)c1cnn(C)c1. The first-order valence-electron chi connectivity index (χ1n) is 6.06. The first-order chi connectivity index (χ1) is 9.06. The van der Waals surface area contributed by atoms with E-state index >= 15 is 0 Å². The second-order valence-electron chi connectivity index (χ2n) is 4.59. The zero-order chi connectivity index (χ0) is 13.8. The van der Waals surface area contributed by atoms with Crippen molar-refractivity contribution in [3.8, 4) is 0 Å². The van der Waals surface area contributed by atoms with Crippen LogP contribution in [0.15, 0.2) is 31.1 Å². The van der Waals surface area contributed by atoms with E-state index in [1.807, 2.05) is 17.7 Å². The average molecular weight is 262 g/mol. The summed E-state index contributed by atoms with van der Waals surface area (Å²) in [5.41, 5.74) is 6.59. The highest BCUT2D eigenvalue weighted by Crippen LogP contribution is 2.08. The number of imidazole rings is 1. The molecule has 0 bridgehead atoms. The molecule has 2 atom stereocenters. The molecule has 2 aromatic rings. The number of amides is 1. The van der Waals surface area contributed by atoms with Gasteiger partial charge in [-0.2, -0.15) is 5.10 Å². The number of hydrogen-bond donors (Lipinski definition) is 2. The van der Waals surface area contributed by atoms with E-state index < -0.39 is 6.04 Å². The summed E-state index contributed by atoms with van der Waals surface area (Å²) in [6.45, 7) is 2.58. The van der Waals surface area contributed by atoms with E-state index in [-0.39, 0.29) is 11.9 Å². The molecule has 0 saturated carbocycles. The molecule has 7 nitrogen and oxygen atoms in total. The molecule has 2 rings (SSSR count). The standard InChI is InChI=1S/C12H18N6O/c1-9(6-18-4-3-14-8-18)16-12(19)11(13)10-5-15-17(2)7-10/h3-5,7-9,11H,6,13H2,1-2H3,(H,16,19). The first-order valence-corrected chi connectivity index (χ1v) is 6.06. The predicted molar refractivity (Wildman–Crippen MR) is 70.0 cm³/mol. The highest BCUT2D eigenvalue weighted by atomic mass is 16.2. The lowest BCUT2D eigenvalue weighted by molar-refractivity contribution is -0.123. The molecule has 0 fully saturated rings. The number of nitrogens with one attached hydrogen (secondary N) is 1. The van der Waals surface area contributed by atoms with Gasteiger partial charge in [0.2, 0.25) is 5.91 Å². The molecular formula is C12H18N6O. The quantitative estimate of drug-likeness (QED) is 0.782. The van der Waals surface area contributed by atoms with Crippen molar-refractivity contribution in [3.05, 3.63) is 36.7 Å². The molecule has 1 amide bonds. The molecule has 2 aromatic heterocycles. The zero-order valence-electron chi connectivity index (χ0n) is 11.0. The highest BCUT2D eigenvalue weighted by Gasteiger charge is 2.18. The molecule has 3 N–H and O–H groups in total. The van der Waals surface area contributed by atoms with Crippen molar-refractivity contribution in [2.24, 2.45) is 12.8 Å². The molecule has 7 heteroatoms. The van der Waals surface area contributed by atoms with Crippen molar-refractivity contribution in [3.63, 3.8) is 0 Å². The minimum Gasteiger partial charge on any atom is -0.350 e. The number of nitrogens with two attached hydrogens (primary N) is 1. The molecule has 102 valence electrons. The first kappa shape index (κ1) is 13.3. The molecule has 2 unspecified atom stereocenters. The lowest BCUT2D eigenvalue weighted by Crippen LogP contribution is -2.41. The van der Waals surface area contributed by atoms with Crippen molar-refractivity contribution in [1.29, 1.82) is 0 Å². The van der Waals surface area contributed by atoms with E-state index in [2.05, 4.69) is 15.4 Å². The summed E-state index contributed by atoms with van der Waals surface area (Å²) in [4.78, 5) is 15.9. The lowest BCUT2D eigenvalue weighted by Gasteiger charge is -2.17. The second-order valence-corrected chi connectivity index (χ2v) is 4.59. The van der Waals surface area contributed by atoms with Gasteiger partial charge >= 0.3 is 0 Å². The van der Waals surface area contributed by atoms with E-state index in [0.29, 0.717) is 12.1 Å². The van der Waals surface area contributed by atoms with E-state index in [4.69, 9.17) is 5.73 Å². The minimum absolute atomic E-state index is 0.0237. The van der Waals surface area contributed by atoms with Crippen LogP contribution in [-0.4, -0.2) is 31.3 Å². The molecule has 0 aromatic carbocycles. The van der Waals surface area contributed by atoms with E-state index in [1.165, 1.54) is 0 Å². The van der Waals surface area contributed by atoms with Crippen LogP contribution in [0.5, 0.6) is 0 Å². The van der Waals surface area contributed by atoms with Crippen molar-refractivity contribution >= 4 is 5.91 Å². The minimum atomic E-state index is -0.695. The Morgan fingerprint density at radius 1 is 1.58 bits per heavy atom. The summed E-state index contributed by atoms with van der Waals surface area (Å²) in [6, 6.07) is -0.719. The summed E-state index contributed by atoms with van der Waals surface area (Å²) in [6.07, 6.45) is 8.61. The summed E-state index contributed by atoms with van der Waals surface area (Å²) in [7, 11) is 1.79. The average Bonchev–Trinajstić information content (AvgIpc) is 2.99. The number of carbonyl (C=O) groups excluding carboxylic acids is 1. The van der Waals surface area contributed by atoms with E-state index in [9.17, 15) is 4.79 Å². The fourth-order valence-corrected chi connectivity index (χ4v) is 1.84. The molecule has 0 saturated heterocycles. The van der Waals surface area contributed by atoms with E-state index in [0.717, 1.165) is 0 Å². The third-order valence-electron chi connectivity index (χ3n) is 2.80. The smallest absolute Gasteiger partial charge is 0.241 e. The van der Waals surface area contributed by atoms with Gasteiger partial charge in [-0.15, -0.1) is 0 Å². The van der Waals surface area contributed by atoms with Crippen LogP contribution in [-0.2, 0) is 18.4 Å². The van der Waals surface area contributed by atoms with Gasteiger partial charge in [0, 0.05) is 43.8 Å². The second kappa shape index (κ2) is 5.66. The summed E-state index contributed by atoms with van der Waals surface area (Å²) in [5, 5.41) is 6.88. The predicted octanol–water partition coefficient (Wildman–Crippen LogP) is -0.179. The summed E-state index contributed by atoms with van der Waals surface area (Å²) < 4.78 is 3.53. The Morgan fingerprint density at radius 3 is 2.95 bits per heavy atom. The number of aryl methyl sites for hydroxylation is 1. The zero-order valence-corrected chi connectivity index (χ0v) is 11.0. The van der Waals surface area contributed by atoms with Crippen LogP contribution in [0, 0.1) is 0 Å². The molecule has 19 heavy (non-hydrogen) atoms.